The van der Waals surface area contributed by atoms with Crippen LogP contribution in [0.15, 0.2) is 6.07 Å². The van der Waals surface area contributed by atoms with Gasteiger partial charge in [0.25, 0.3) is 0 Å². The minimum absolute atomic E-state index is 0.139. The largest absolute Gasteiger partial charge is 0.308 e. The van der Waals surface area contributed by atoms with Crippen molar-refractivity contribution in [1.82, 2.24) is 4.98 Å². The molecule has 0 spiro atoms. The summed E-state index contributed by atoms with van der Waals surface area (Å²) in [6, 6.07) is 0.850. The predicted octanol–water partition coefficient (Wildman–Crippen LogP) is 1.93. The van der Waals surface area contributed by atoms with Crippen LogP contribution in [0.3, 0.4) is 0 Å². The predicted molar refractivity (Wildman–Crippen MR) is 65.0 cm³/mol. The molecule has 0 bridgehead atoms. The van der Waals surface area contributed by atoms with Gasteiger partial charge in [0, 0.05) is 19.0 Å². The Morgan fingerprint density at radius 1 is 1.37 bits per heavy atom. The number of rotatable bonds is 2. The Labute approximate surface area is 117 Å². The van der Waals surface area contributed by atoms with Crippen molar-refractivity contribution in [2.24, 2.45) is 0 Å². The summed E-state index contributed by atoms with van der Waals surface area (Å²) in [4.78, 5) is 16.0. The number of amides is 1. The first-order chi connectivity index (χ1) is 8.70. The summed E-state index contributed by atoms with van der Waals surface area (Å²) >= 11 is 11.1. The maximum atomic E-state index is 13.3. The molecule has 1 atom stereocenters. The van der Waals surface area contributed by atoms with Crippen molar-refractivity contribution in [3.63, 3.8) is 0 Å². The van der Waals surface area contributed by atoms with E-state index in [1.54, 1.807) is 0 Å². The second-order valence-corrected chi connectivity index (χ2v) is 6.21. The maximum absolute atomic E-state index is 13.3. The van der Waals surface area contributed by atoms with Crippen molar-refractivity contribution in [3.8, 4) is 0 Å². The van der Waals surface area contributed by atoms with Gasteiger partial charge in [-0.1, -0.05) is 23.2 Å². The highest BCUT2D eigenvalue weighted by molar-refractivity contribution is 7.87. The van der Waals surface area contributed by atoms with Crippen LogP contribution in [0, 0.1) is 5.82 Å². The summed E-state index contributed by atoms with van der Waals surface area (Å²) in [5.74, 6) is -1.60. The summed E-state index contributed by atoms with van der Waals surface area (Å²) in [7, 11) is -4.85. The van der Waals surface area contributed by atoms with E-state index in [9.17, 15) is 21.5 Å². The molecule has 1 aromatic rings. The third kappa shape index (κ3) is 2.80. The van der Waals surface area contributed by atoms with E-state index < -0.39 is 45.3 Å². The molecule has 2 rings (SSSR count). The molecule has 0 radical (unpaired) electrons. The molecular formula is C9H6Cl2F2N2O3S. The molecule has 1 amide bonds. The molecule has 104 valence electrons. The van der Waals surface area contributed by atoms with Crippen LogP contribution >= 0.6 is 23.2 Å². The quantitative estimate of drug-likeness (QED) is 0.613. The number of nitrogens with zero attached hydrogens (tertiary/aromatic N) is 2. The lowest BCUT2D eigenvalue weighted by Crippen LogP contribution is -2.27. The zero-order valence-electron chi connectivity index (χ0n) is 9.11. The number of halogens is 4. The molecule has 10 heteroatoms. The monoisotopic (exact) mass is 330 g/mol. The van der Waals surface area contributed by atoms with Crippen LogP contribution in [0.5, 0.6) is 0 Å². The van der Waals surface area contributed by atoms with Gasteiger partial charge >= 0.3 is 10.2 Å². The Kier molecular flexibility index (Phi) is 3.67. The van der Waals surface area contributed by atoms with E-state index in [1.165, 1.54) is 0 Å². The van der Waals surface area contributed by atoms with Crippen molar-refractivity contribution in [1.29, 1.82) is 0 Å². The Bertz CT molecular complexity index is 653. The first-order valence-corrected chi connectivity index (χ1v) is 7.16. The smallest absolute Gasteiger partial charge is 0.307 e. The fourth-order valence-electron chi connectivity index (χ4n) is 1.72. The zero-order chi connectivity index (χ0) is 14.4. The molecule has 1 aliphatic heterocycles. The molecule has 0 N–H and O–H groups in total. The highest BCUT2D eigenvalue weighted by atomic mass is 35.5. The molecule has 1 saturated heterocycles. The summed E-state index contributed by atoms with van der Waals surface area (Å²) in [5, 5.41) is -2.23. The molecule has 1 unspecified atom stereocenters. The summed E-state index contributed by atoms with van der Waals surface area (Å²) < 4.78 is 47.7. The Balaban J connectivity index is 2.39. The Hall–Kier alpha value is -0.990. The van der Waals surface area contributed by atoms with Gasteiger partial charge in [0.2, 0.25) is 5.91 Å². The van der Waals surface area contributed by atoms with Gasteiger partial charge < -0.3 is 4.90 Å². The van der Waals surface area contributed by atoms with Crippen LogP contribution in [-0.2, 0) is 15.0 Å². The van der Waals surface area contributed by atoms with Crippen molar-refractivity contribution in [3.05, 3.63) is 22.2 Å². The van der Waals surface area contributed by atoms with Gasteiger partial charge in [0.1, 0.15) is 5.25 Å². The third-order valence-corrected chi connectivity index (χ3v) is 4.30. The molecule has 2 heterocycles. The summed E-state index contributed by atoms with van der Waals surface area (Å²) in [6.45, 7) is -0.444. The fraction of sp³-hybridized carbons (Fsp3) is 0.333. The highest BCUT2D eigenvalue weighted by Gasteiger charge is 2.40. The average molecular weight is 331 g/mol. The van der Waals surface area contributed by atoms with E-state index in [0.29, 0.717) is 0 Å². The number of hydrogen-bond donors (Lipinski definition) is 0. The number of hydrogen-bond acceptors (Lipinski definition) is 4. The number of aromatic nitrogens is 1. The van der Waals surface area contributed by atoms with Crippen LogP contribution in [0.4, 0.5) is 14.0 Å². The average Bonchev–Trinajstić information content (AvgIpc) is 2.65. The molecule has 5 nitrogen and oxygen atoms in total. The molecule has 19 heavy (non-hydrogen) atoms. The number of carbonyl (C=O) groups excluding carboxylic acids is 1. The standard InChI is InChI=1S/C9H6Cl2F2N2O3S/c10-8-5(12)2-6(9(11)14-8)15-3-4(1-7(15)16)19(13,17)18/h2,4H,1,3H2. The van der Waals surface area contributed by atoms with Crippen LogP contribution < -0.4 is 4.90 Å². The van der Waals surface area contributed by atoms with E-state index in [1.807, 2.05) is 0 Å². The molecule has 1 fully saturated rings. The van der Waals surface area contributed by atoms with Crippen LogP contribution in [0.25, 0.3) is 0 Å². The topological polar surface area (TPSA) is 67.3 Å². The summed E-state index contributed by atoms with van der Waals surface area (Å²) in [5.41, 5.74) is -0.139. The van der Waals surface area contributed by atoms with E-state index in [2.05, 4.69) is 4.98 Å². The number of anilines is 1. The van der Waals surface area contributed by atoms with Crippen molar-refractivity contribution < 1.29 is 21.5 Å². The van der Waals surface area contributed by atoms with Gasteiger partial charge in [-0.2, -0.15) is 8.42 Å². The van der Waals surface area contributed by atoms with Crippen LogP contribution in [0.2, 0.25) is 10.3 Å². The first-order valence-electron chi connectivity index (χ1n) is 4.95. The molecule has 1 aromatic heterocycles. The lowest BCUT2D eigenvalue weighted by molar-refractivity contribution is -0.117. The number of carbonyl (C=O) groups is 1. The van der Waals surface area contributed by atoms with E-state index in [-0.39, 0.29) is 10.8 Å². The Morgan fingerprint density at radius 3 is 2.53 bits per heavy atom. The fourth-order valence-corrected chi connectivity index (χ4v) is 2.81. The van der Waals surface area contributed by atoms with Crippen molar-refractivity contribution in [2.75, 3.05) is 11.4 Å². The molecule has 1 aliphatic rings. The van der Waals surface area contributed by atoms with E-state index >= 15 is 0 Å². The van der Waals surface area contributed by atoms with Gasteiger partial charge in [-0.3, -0.25) is 4.79 Å². The molecular weight excluding hydrogens is 325 g/mol. The lowest BCUT2D eigenvalue weighted by Gasteiger charge is -2.17. The minimum atomic E-state index is -4.85. The zero-order valence-corrected chi connectivity index (χ0v) is 11.4. The van der Waals surface area contributed by atoms with Crippen LogP contribution in [0.1, 0.15) is 6.42 Å². The normalized spacial score (nSPS) is 20.1. The van der Waals surface area contributed by atoms with Gasteiger partial charge in [0.15, 0.2) is 16.1 Å². The second-order valence-electron chi connectivity index (χ2n) is 3.88. The Morgan fingerprint density at radius 2 is 2.00 bits per heavy atom. The maximum Gasteiger partial charge on any atom is 0.307 e. The molecule has 0 aromatic carbocycles. The second kappa shape index (κ2) is 4.84. The van der Waals surface area contributed by atoms with Gasteiger partial charge in [0.05, 0.1) is 5.69 Å². The van der Waals surface area contributed by atoms with Crippen LogP contribution in [-0.4, -0.2) is 31.1 Å². The minimum Gasteiger partial charge on any atom is -0.308 e. The third-order valence-electron chi connectivity index (χ3n) is 2.65. The lowest BCUT2D eigenvalue weighted by atomic mass is 10.3. The van der Waals surface area contributed by atoms with E-state index in [4.69, 9.17) is 23.2 Å². The van der Waals surface area contributed by atoms with Gasteiger partial charge in [-0.25, -0.2) is 9.37 Å². The molecule has 0 saturated carbocycles. The van der Waals surface area contributed by atoms with Gasteiger partial charge in [-0.05, 0) is 0 Å². The first kappa shape index (κ1) is 14.4. The molecule has 0 aliphatic carbocycles. The highest BCUT2D eigenvalue weighted by Crippen LogP contribution is 2.32. The van der Waals surface area contributed by atoms with Crippen molar-refractivity contribution >= 4 is 45.0 Å². The van der Waals surface area contributed by atoms with E-state index in [0.717, 1.165) is 11.0 Å². The summed E-state index contributed by atoms with van der Waals surface area (Å²) in [6.07, 6.45) is -0.528. The number of pyridine rings is 1. The van der Waals surface area contributed by atoms with Crippen molar-refractivity contribution in [2.45, 2.75) is 11.7 Å². The van der Waals surface area contributed by atoms with Gasteiger partial charge in [-0.15, -0.1) is 3.89 Å². The SMILES string of the molecule is O=C1CC(S(=O)(=O)F)CN1c1cc(F)c(Cl)nc1Cl.